The van der Waals surface area contributed by atoms with Crippen LogP contribution < -0.4 is 20.3 Å². The molecule has 1 unspecified atom stereocenters. The number of amides is 3. The molecular formula is C18H23N3O4. The molecule has 0 spiro atoms. The minimum atomic E-state index is -0.491. The standard InChI is InChI=1S/C18H23N3O4/c22-16(20-13-5-3-4-10-19-18(13)24)8-9-17(23)21-11-12-25-15-7-2-1-6-14(15)21/h1-2,6-7,13H,3-5,8-12H2,(H,19,24)(H,20,22). The van der Waals surface area contributed by atoms with Gasteiger partial charge in [0.2, 0.25) is 17.7 Å². The Morgan fingerprint density at radius 2 is 2.08 bits per heavy atom. The number of para-hydroxylation sites is 2. The van der Waals surface area contributed by atoms with Gasteiger partial charge in [-0.25, -0.2) is 0 Å². The van der Waals surface area contributed by atoms with E-state index in [1.54, 1.807) is 4.90 Å². The Bertz CT molecular complexity index is 661. The van der Waals surface area contributed by atoms with Crippen molar-refractivity contribution >= 4 is 23.4 Å². The van der Waals surface area contributed by atoms with E-state index in [0.29, 0.717) is 31.9 Å². The number of fused-ring (bicyclic) bond motifs is 1. The summed E-state index contributed by atoms with van der Waals surface area (Å²) in [6, 6.07) is 6.88. The van der Waals surface area contributed by atoms with E-state index in [2.05, 4.69) is 10.6 Å². The van der Waals surface area contributed by atoms with Gasteiger partial charge in [0.25, 0.3) is 0 Å². The molecule has 25 heavy (non-hydrogen) atoms. The number of carbonyl (C=O) groups is 3. The molecule has 0 saturated carbocycles. The molecule has 1 aromatic rings. The molecule has 1 aromatic carbocycles. The lowest BCUT2D eigenvalue weighted by atomic mass is 10.1. The van der Waals surface area contributed by atoms with Crippen molar-refractivity contribution in [3.63, 3.8) is 0 Å². The van der Waals surface area contributed by atoms with Gasteiger partial charge in [-0.05, 0) is 31.4 Å². The smallest absolute Gasteiger partial charge is 0.242 e. The quantitative estimate of drug-likeness (QED) is 0.851. The molecule has 0 aromatic heterocycles. The normalized spacial score (nSPS) is 19.9. The molecule has 134 valence electrons. The third-order valence-corrected chi connectivity index (χ3v) is 4.47. The second-order valence-electron chi connectivity index (χ2n) is 6.27. The number of benzene rings is 1. The molecule has 3 amide bonds. The molecule has 3 rings (SSSR count). The second-order valence-corrected chi connectivity index (χ2v) is 6.27. The number of hydrogen-bond acceptors (Lipinski definition) is 4. The summed E-state index contributed by atoms with van der Waals surface area (Å²) < 4.78 is 5.54. The molecule has 2 N–H and O–H groups in total. The van der Waals surface area contributed by atoms with Gasteiger partial charge < -0.3 is 20.3 Å². The van der Waals surface area contributed by atoms with Gasteiger partial charge in [-0.15, -0.1) is 0 Å². The summed E-state index contributed by atoms with van der Waals surface area (Å²) in [4.78, 5) is 38.1. The first-order valence-electron chi connectivity index (χ1n) is 8.74. The van der Waals surface area contributed by atoms with Crippen molar-refractivity contribution in [1.29, 1.82) is 0 Å². The van der Waals surface area contributed by atoms with Crippen LogP contribution >= 0.6 is 0 Å². The molecule has 0 aliphatic carbocycles. The Kier molecular flexibility index (Phi) is 5.53. The highest BCUT2D eigenvalue weighted by Crippen LogP contribution is 2.31. The van der Waals surface area contributed by atoms with Crippen LogP contribution in [0.1, 0.15) is 32.1 Å². The van der Waals surface area contributed by atoms with Crippen LogP contribution in [0, 0.1) is 0 Å². The number of hydrogen-bond donors (Lipinski definition) is 2. The third-order valence-electron chi connectivity index (χ3n) is 4.47. The number of nitrogens with zero attached hydrogens (tertiary/aromatic N) is 1. The molecular weight excluding hydrogens is 322 g/mol. The van der Waals surface area contributed by atoms with Crippen molar-refractivity contribution in [1.82, 2.24) is 10.6 Å². The maximum atomic E-state index is 12.5. The van der Waals surface area contributed by atoms with E-state index in [1.165, 1.54) is 0 Å². The zero-order valence-electron chi connectivity index (χ0n) is 14.1. The second kappa shape index (κ2) is 8.00. The van der Waals surface area contributed by atoms with Gasteiger partial charge in [-0.2, -0.15) is 0 Å². The van der Waals surface area contributed by atoms with Crippen molar-refractivity contribution in [2.45, 2.75) is 38.1 Å². The van der Waals surface area contributed by atoms with E-state index in [4.69, 9.17) is 4.74 Å². The van der Waals surface area contributed by atoms with Crippen LogP contribution in [0.3, 0.4) is 0 Å². The summed E-state index contributed by atoms with van der Waals surface area (Å²) in [7, 11) is 0. The van der Waals surface area contributed by atoms with Gasteiger partial charge in [0.15, 0.2) is 0 Å². The predicted molar refractivity (Wildman–Crippen MR) is 92.3 cm³/mol. The van der Waals surface area contributed by atoms with Crippen molar-refractivity contribution < 1.29 is 19.1 Å². The van der Waals surface area contributed by atoms with Gasteiger partial charge in [-0.1, -0.05) is 12.1 Å². The molecule has 2 aliphatic rings. The van der Waals surface area contributed by atoms with E-state index >= 15 is 0 Å². The van der Waals surface area contributed by atoms with Gasteiger partial charge in [-0.3, -0.25) is 14.4 Å². The number of ether oxygens (including phenoxy) is 1. The number of anilines is 1. The first-order chi connectivity index (χ1) is 12.1. The highest BCUT2D eigenvalue weighted by Gasteiger charge is 2.25. The van der Waals surface area contributed by atoms with Crippen LogP contribution in [0.4, 0.5) is 5.69 Å². The average Bonchev–Trinajstić information content (AvgIpc) is 2.83. The Morgan fingerprint density at radius 1 is 1.24 bits per heavy atom. The zero-order chi connectivity index (χ0) is 17.6. The molecule has 0 radical (unpaired) electrons. The van der Waals surface area contributed by atoms with E-state index in [9.17, 15) is 14.4 Å². The lowest BCUT2D eigenvalue weighted by Crippen LogP contribution is -2.45. The summed E-state index contributed by atoms with van der Waals surface area (Å²) in [6.07, 6.45) is 2.64. The highest BCUT2D eigenvalue weighted by atomic mass is 16.5. The topological polar surface area (TPSA) is 87.7 Å². The molecule has 1 saturated heterocycles. The lowest BCUT2D eigenvalue weighted by molar-refractivity contribution is -0.129. The minimum Gasteiger partial charge on any atom is -0.490 e. The van der Waals surface area contributed by atoms with Gasteiger partial charge in [0.05, 0.1) is 12.2 Å². The monoisotopic (exact) mass is 345 g/mol. The minimum absolute atomic E-state index is 0.0716. The predicted octanol–water partition coefficient (Wildman–Crippen LogP) is 0.977. The first kappa shape index (κ1) is 17.3. The van der Waals surface area contributed by atoms with Crippen molar-refractivity contribution in [2.24, 2.45) is 0 Å². The molecule has 2 aliphatic heterocycles. The Balaban J connectivity index is 1.52. The van der Waals surface area contributed by atoms with Crippen molar-refractivity contribution in [3.8, 4) is 5.75 Å². The summed E-state index contributed by atoms with van der Waals surface area (Å²) in [6.45, 7) is 1.57. The molecule has 2 heterocycles. The molecule has 7 heteroatoms. The maximum absolute atomic E-state index is 12.5. The largest absolute Gasteiger partial charge is 0.490 e. The van der Waals surface area contributed by atoms with E-state index in [-0.39, 0.29) is 30.6 Å². The fraction of sp³-hybridized carbons (Fsp3) is 0.500. The zero-order valence-corrected chi connectivity index (χ0v) is 14.1. The molecule has 1 fully saturated rings. The highest BCUT2D eigenvalue weighted by molar-refractivity contribution is 5.97. The van der Waals surface area contributed by atoms with Crippen LogP contribution in [0.25, 0.3) is 0 Å². The van der Waals surface area contributed by atoms with Crippen molar-refractivity contribution in [3.05, 3.63) is 24.3 Å². The fourth-order valence-electron chi connectivity index (χ4n) is 3.13. The SMILES string of the molecule is O=C(CCC(=O)N1CCOc2ccccc21)NC1CCCCNC1=O. The van der Waals surface area contributed by atoms with E-state index < -0.39 is 6.04 Å². The van der Waals surface area contributed by atoms with Gasteiger partial charge in [0, 0.05) is 19.4 Å². The Morgan fingerprint density at radius 3 is 2.96 bits per heavy atom. The van der Waals surface area contributed by atoms with Gasteiger partial charge >= 0.3 is 0 Å². The maximum Gasteiger partial charge on any atom is 0.242 e. The summed E-state index contributed by atoms with van der Waals surface area (Å²) >= 11 is 0. The van der Waals surface area contributed by atoms with Crippen molar-refractivity contribution in [2.75, 3.05) is 24.6 Å². The number of rotatable bonds is 4. The third kappa shape index (κ3) is 4.29. The van der Waals surface area contributed by atoms with E-state index in [0.717, 1.165) is 18.5 Å². The molecule has 1 atom stereocenters. The van der Waals surface area contributed by atoms with Crippen LogP contribution in [0.15, 0.2) is 24.3 Å². The van der Waals surface area contributed by atoms with Crippen LogP contribution in [0.5, 0.6) is 5.75 Å². The fourth-order valence-corrected chi connectivity index (χ4v) is 3.13. The summed E-state index contributed by atoms with van der Waals surface area (Å²) in [5, 5.41) is 5.52. The summed E-state index contributed by atoms with van der Waals surface area (Å²) in [5.74, 6) is 0.161. The molecule has 0 bridgehead atoms. The van der Waals surface area contributed by atoms with E-state index in [1.807, 2.05) is 24.3 Å². The average molecular weight is 345 g/mol. The first-order valence-corrected chi connectivity index (χ1v) is 8.74. The lowest BCUT2D eigenvalue weighted by Gasteiger charge is -2.29. The number of nitrogens with one attached hydrogen (secondary N) is 2. The Hall–Kier alpha value is -2.57. The van der Waals surface area contributed by atoms with Crippen LogP contribution in [0.2, 0.25) is 0 Å². The molecule has 7 nitrogen and oxygen atoms in total. The van der Waals surface area contributed by atoms with Crippen LogP contribution in [-0.4, -0.2) is 43.5 Å². The number of carbonyl (C=O) groups excluding carboxylic acids is 3. The summed E-state index contributed by atoms with van der Waals surface area (Å²) in [5.41, 5.74) is 0.738. The van der Waals surface area contributed by atoms with Gasteiger partial charge in [0.1, 0.15) is 18.4 Å². The van der Waals surface area contributed by atoms with Crippen LogP contribution in [-0.2, 0) is 14.4 Å². The Labute approximate surface area is 146 Å².